The Balaban J connectivity index is 2.46. The second-order valence-electron chi connectivity index (χ2n) is 5.40. The van der Waals surface area contributed by atoms with Crippen molar-refractivity contribution in [2.45, 2.75) is 45.3 Å². The second kappa shape index (κ2) is 8.19. The molecule has 1 aliphatic heterocycles. The summed E-state index contributed by atoms with van der Waals surface area (Å²) < 4.78 is 22.0. The molecule has 11 nitrogen and oxygen atoms in total. The molecule has 2 rings (SSSR count). The first-order valence-electron chi connectivity index (χ1n) is 7.50. The smallest absolute Gasteiger partial charge is 0.345 e. The van der Waals surface area contributed by atoms with Crippen LogP contribution in [0.1, 0.15) is 27.0 Å². The molecule has 0 aromatic carbocycles. The maximum absolute atomic E-state index is 12.1. The Morgan fingerprint density at radius 1 is 1.15 bits per heavy atom. The van der Waals surface area contributed by atoms with Gasteiger partial charge in [0.2, 0.25) is 0 Å². The average Bonchev–Trinajstić information content (AvgIpc) is 2.50. The number of aromatic amines is 1. The molecule has 1 aliphatic rings. The molecule has 4 atom stereocenters. The van der Waals surface area contributed by atoms with Gasteiger partial charge in [0.1, 0.15) is 4.64 Å². The van der Waals surface area contributed by atoms with Gasteiger partial charge in [-0.1, -0.05) is 12.2 Å². The standard InChI is InChI=1S/C14H17N3O8S/c1-6(18)23-9-5-22-13(17-14(21)16-10(26)4-15-17)12(25-8(3)20)11(9)24-7(2)19/h4,9,11-13H,5H2,1-3H3,(H,16,21,26)/t9-,11-,12-,13+/m1/s1. The van der Waals surface area contributed by atoms with Crippen molar-refractivity contribution < 1.29 is 33.3 Å². The van der Waals surface area contributed by atoms with Crippen LogP contribution in [0.25, 0.3) is 0 Å². The topological polar surface area (TPSA) is 139 Å². The van der Waals surface area contributed by atoms with E-state index in [-0.39, 0.29) is 11.2 Å². The zero-order chi connectivity index (χ0) is 19.4. The third-order valence-corrected chi connectivity index (χ3v) is 3.51. The molecule has 2 heterocycles. The molecule has 1 fully saturated rings. The fourth-order valence-electron chi connectivity index (χ4n) is 2.48. The molecule has 1 N–H and O–H groups in total. The van der Waals surface area contributed by atoms with E-state index in [0.29, 0.717) is 0 Å². The fourth-order valence-corrected chi connectivity index (χ4v) is 2.61. The summed E-state index contributed by atoms with van der Waals surface area (Å²) in [6.07, 6.45) is -3.55. The minimum atomic E-state index is -1.29. The van der Waals surface area contributed by atoms with E-state index in [1.807, 2.05) is 0 Å². The lowest BCUT2D eigenvalue weighted by atomic mass is 10.0. The third-order valence-electron chi connectivity index (χ3n) is 3.30. The molecule has 0 saturated carbocycles. The van der Waals surface area contributed by atoms with Crippen molar-refractivity contribution in [3.63, 3.8) is 0 Å². The Hall–Kier alpha value is -2.60. The van der Waals surface area contributed by atoms with Gasteiger partial charge >= 0.3 is 23.6 Å². The van der Waals surface area contributed by atoms with Crippen LogP contribution in [0.15, 0.2) is 11.0 Å². The van der Waals surface area contributed by atoms with Crippen LogP contribution < -0.4 is 5.69 Å². The number of nitrogens with one attached hydrogen (secondary N) is 1. The zero-order valence-corrected chi connectivity index (χ0v) is 15.0. The number of esters is 3. The van der Waals surface area contributed by atoms with Crippen LogP contribution in [0.3, 0.4) is 0 Å². The molecule has 1 aromatic rings. The van der Waals surface area contributed by atoms with Gasteiger partial charge in [0.15, 0.2) is 24.5 Å². The summed E-state index contributed by atoms with van der Waals surface area (Å²) in [4.78, 5) is 48.8. The molecule has 1 aromatic heterocycles. The van der Waals surface area contributed by atoms with Crippen molar-refractivity contribution in [3.05, 3.63) is 21.3 Å². The molecular weight excluding hydrogens is 370 g/mol. The van der Waals surface area contributed by atoms with Crippen LogP contribution >= 0.6 is 12.2 Å². The third kappa shape index (κ3) is 4.73. The first-order valence-corrected chi connectivity index (χ1v) is 7.91. The first-order chi connectivity index (χ1) is 12.2. The zero-order valence-electron chi connectivity index (χ0n) is 14.2. The Kier molecular flexibility index (Phi) is 6.21. The van der Waals surface area contributed by atoms with Crippen molar-refractivity contribution in [1.82, 2.24) is 14.8 Å². The molecule has 1 saturated heterocycles. The number of hydrogen-bond donors (Lipinski definition) is 1. The molecular formula is C14H17N3O8S. The van der Waals surface area contributed by atoms with Crippen LogP contribution in [-0.2, 0) is 33.3 Å². The van der Waals surface area contributed by atoms with Crippen molar-refractivity contribution >= 4 is 30.1 Å². The first kappa shape index (κ1) is 19.7. The maximum Gasteiger partial charge on any atom is 0.345 e. The average molecular weight is 387 g/mol. The monoisotopic (exact) mass is 387 g/mol. The van der Waals surface area contributed by atoms with Crippen molar-refractivity contribution in [1.29, 1.82) is 0 Å². The minimum Gasteiger partial charge on any atom is -0.456 e. The summed E-state index contributed by atoms with van der Waals surface area (Å²) in [7, 11) is 0. The SMILES string of the molecule is CC(=O)O[C@@H]1[C@H](OC(C)=O)[C@H](OC(C)=O)CO[C@@H]1n1ncc(=S)[nH]c1=O. The molecule has 142 valence electrons. The van der Waals surface area contributed by atoms with Gasteiger partial charge < -0.3 is 18.9 Å². The highest BCUT2D eigenvalue weighted by atomic mass is 32.1. The van der Waals surface area contributed by atoms with E-state index in [4.69, 9.17) is 31.2 Å². The van der Waals surface area contributed by atoms with Crippen LogP contribution in [-0.4, -0.2) is 57.6 Å². The van der Waals surface area contributed by atoms with Crippen molar-refractivity contribution in [2.24, 2.45) is 0 Å². The number of ether oxygens (including phenoxy) is 4. The highest BCUT2D eigenvalue weighted by molar-refractivity contribution is 7.71. The number of rotatable bonds is 4. The van der Waals surface area contributed by atoms with Gasteiger partial charge in [0.25, 0.3) is 0 Å². The molecule has 0 spiro atoms. The van der Waals surface area contributed by atoms with E-state index in [9.17, 15) is 19.2 Å². The predicted octanol–water partition coefficient (Wildman–Crippen LogP) is -0.375. The molecule has 0 aliphatic carbocycles. The Labute approximate surface area is 152 Å². The van der Waals surface area contributed by atoms with Gasteiger partial charge in [0.05, 0.1) is 12.8 Å². The highest BCUT2D eigenvalue weighted by Gasteiger charge is 2.48. The molecule has 26 heavy (non-hydrogen) atoms. The van der Waals surface area contributed by atoms with Crippen LogP contribution in [0.5, 0.6) is 0 Å². The number of H-pyrrole nitrogens is 1. The van der Waals surface area contributed by atoms with E-state index in [1.165, 1.54) is 13.1 Å². The van der Waals surface area contributed by atoms with Gasteiger partial charge in [-0.15, -0.1) is 0 Å². The summed E-state index contributed by atoms with van der Waals surface area (Å²) in [5.74, 6) is -2.06. The number of hydrogen-bond acceptors (Lipinski definition) is 10. The lowest BCUT2D eigenvalue weighted by molar-refractivity contribution is -0.242. The van der Waals surface area contributed by atoms with E-state index in [2.05, 4.69) is 10.1 Å². The maximum atomic E-state index is 12.1. The Morgan fingerprint density at radius 2 is 1.73 bits per heavy atom. The fraction of sp³-hybridized carbons (Fsp3) is 0.571. The predicted molar refractivity (Wildman–Crippen MR) is 85.3 cm³/mol. The largest absolute Gasteiger partial charge is 0.456 e. The quantitative estimate of drug-likeness (QED) is 0.413. The Morgan fingerprint density at radius 3 is 2.27 bits per heavy atom. The van der Waals surface area contributed by atoms with Gasteiger partial charge in [-0.3, -0.25) is 19.4 Å². The number of aromatic nitrogens is 3. The molecule has 0 unspecified atom stereocenters. The lowest BCUT2D eigenvalue weighted by Gasteiger charge is -2.40. The van der Waals surface area contributed by atoms with Crippen LogP contribution in [0.2, 0.25) is 0 Å². The summed E-state index contributed by atoms with van der Waals surface area (Å²) >= 11 is 4.82. The van der Waals surface area contributed by atoms with Gasteiger partial charge in [-0.2, -0.15) is 9.78 Å². The van der Waals surface area contributed by atoms with E-state index in [1.54, 1.807) is 0 Å². The molecule has 0 radical (unpaired) electrons. The summed E-state index contributed by atoms with van der Waals surface area (Å²) in [6, 6.07) is 0. The van der Waals surface area contributed by atoms with E-state index < -0.39 is 48.1 Å². The second-order valence-corrected chi connectivity index (χ2v) is 5.84. The number of nitrogens with zero attached hydrogens (tertiary/aromatic N) is 2. The highest BCUT2D eigenvalue weighted by Crippen LogP contribution is 2.29. The summed E-state index contributed by atoms with van der Waals surface area (Å²) in [5.41, 5.74) is -0.716. The molecule has 0 bridgehead atoms. The summed E-state index contributed by atoms with van der Waals surface area (Å²) in [6.45, 7) is 3.22. The van der Waals surface area contributed by atoms with Gasteiger partial charge in [-0.05, 0) is 0 Å². The van der Waals surface area contributed by atoms with E-state index in [0.717, 1.165) is 18.5 Å². The number of carbonyl (C=O) groups is 3. The lowest BCUT2D eigenvalue weighted by Crippen LogP contribution is -2.57. The minimum absolute atomic E-state index is 0.0976. The Bertz CT molecular complexity index is 819. The van der Waals surface area contributed by atoms with Crippen molar-refractivity contribution in [3.8, 4) is 0 Å². The van der Waals surface area contributed by atoms with E-state index >= 15 is 0 Å². The number of carbonyl (C=O) groups excluding carboxylic acids is 3. The molecule has 12 heteroatoms. The van der Waals surface area contributed by atoms with Gasteiger partial charge in [-0.25, -0.2) is 4.79 Å². The van der Waals surface area contributed by atoms with Gasteiger partial charge in [0, 0.05) is 20.8 Å². The normalized spacial score (nSPS) is 25.2. The molecule has 0 amide bonds. The van der Waals surface area contributed by atoms with Crippen molar-refractivity contribution in [2.75, 3.05) is 6.61 Å². The summed E-state index contributed by atoms with van der Waals surface area (Å²) in [5, 5.41) is 3.86. The van der Waals surface area contributed by atoms with Crippen LogP contribution in [0.4, 0.5) is 0 Å². The van der Waals surface area contributed by atoms with Crippen LogP contribution in [0, 0.1) is 4.64 Å².